The van der Waals surface area contributed by atoms with Crippen molar-refractivity contribution >= 4 is 34.8 Å². The highest BCUT2D eigenvalue weighted by atomic mass is 35.5. The van der Waals surface area contributed by atoms with Gasteiger partial charge in [0, 0.05) is 36.2 Å². The standard InChI is InChI=1S/C25H24ClN7O2/c1-16-4-2-3-5-20(16)27-14-22(34)32-10-11-33-21(15-32)31-23(24(33)26)25(35)30-19-8-6-17(7-9-19)18-12-28-29-13-18/h2-9,12-13,27H,10-11,14-15H2,1H3,(H,28,29)(H,30,35). The molecular weight excluding hydrogens is 466 g/mol. The third-order valence-corrected chi connectivity index (χ3v) is 6.41. The number of aromatic amines is 1. The minimum absolute atomic E-state index is 0.0395. The lowest BCUT2D eigenvalue weighted by Crippen LogP contribution is -2.41. The second-order valence-electron chi connectivity index (χ2n) is 8.32. The predicted octanol–water partition coefficient (Wildman–Crippen LogP) is 3.94. The van der Waals surface area contributed by atoms with E-state index in [2.05, 4.69) is 25.8 Å². The average molecular weight is 490 g/mol. The monoisotopic (exact) mass is 489 g/mol. The summed E-state index contributed by atoms with van der Waals surface area (Å²) in [5.41, 5.74) is 4.72. The van der Waals surface area contributed by atoms with Crippen molar-refractivity contribution in [3.63, 3.8) is 0 Å². The van der Waals surface area contributed by atoms with Gasteiger partial charge in [0.1, 0.15) is 11.0 Å². The molecule has 0 spiro atoms. The van der Waals surface area contributed by atoms with Gasteiger partial charge in [-0.2, -0.15) is 5.10 Å². The fraction of sp³-hybridized carbons (Fsp3) is 0.200. The molecule has 2 aromatic carbocycles. The maximum Gasteiger partial charge on any atom is 0.277 e. The SMILES string of the molecule is Cc1ccccc1NCC(=O)N1CCn2c(nc(C(=O)Nc3ccc(-c4cn[nH]c4)cc3)c2Cl)C1. The molecule has 0 saturated heterocycles. The van der Waals surface area contributed by atoms with E-state index in [0.717, 1.165) is 22.4 Å². The number of hydrogen-bond donors (Lipinski definition) is 3. The molecule has 5 rings (SSSR count). The molecular formula is C25H24ClN7O2. The van der Waals surface area contributed by atoms with Crippen LogP contribution in [0.1, 0.15) is 21.9 Å². The number of carbonyl (C=O) groups is 2. The zero-order valence-electron chi connectivity index (χ0n) is 19.1. The number of halogens is 1. The topological polar surface area (TPSA) is 108 Å². The molecule has 0 aliphatic carbocycles. The Morgan fingerprint density at radius 3 is 2.63 bits per heavy atom. The van der Waals surface area contributed by atoms with Crippen molar-refractivity contribution in [1.82, 2.24) is 24.6 Å². The number of carbonyl (C=O) groups excluding carboxylic acids is 2. The van der Waals surface area contributed by atoms with E-state index in [0.29, 0.717) is 31.1 Å². The Bertz CT molecular complexity index is 1360. The molecule has 3 N–H and O–H groups in total. The quantitative estimate of drug-likeness (QED) is 0.380. The fourth-order valence-electron chi connectivity index (χ4n) is 4.05. The number of aromatic nitrogens is 4. The summed E-state index contributed by atoms with van der Waals surface area (Å²) in [5, 5.41) is 13.0. The molecule has 0 atom stereocenters. The van der Waals surface area contributed by atoms with Crippen molar-refractivity contribution in [2.24, 2.45) is 0 Å². The van der Waals surface area contributed by atoms with E-state index in [4.69, 9.17) is 11.6 Å². The smallest absolute Gasteiger partial charge is 0.277 e. The van der Waals surface area contributed by atoms with Gasteiger partial charge in [-0.25, -0.2) is 4.98 Å². The van der Waals surface area contributed by atoms with Crippen LogP contribution in [0, 0.1) is 6.92 Å². The average Bonchev–Trinajstić information content (AvgIpc) is 3.52. The van der Waals surface area contributed by atoms with Gasteiger partial charge in [-0.1, -0.05) is 41.9 Å². The van der Waals surface area contributed by atoms with Crippen molar-refractivity contribution in [2.45, 2.75) is 20.0 Å². The number of rotatable bonds is 6. The number of para-hydroxylation sites is 1. The number of nitrogens with zero attached hydrogens (tertiary/aromatic N) is 4. The summed E-state index contributed by atoms with van der Waals surface area (Å²) in [7, 11) is 0. The van der Waals surface area contributed by atoms with Gasteiger partial charge >= 0.3 is 0 Å². The molecule has 0 radical (unpaired) electrons. The lowest BCUT2D eigenvalue weighted by Gasteiger charge is -2.28. The van der Waals surface area contributed by atoms with Gasteiger partial charge in [0.25, 0.3) is 5.91 Å². The highest BCUT2D eigenvalue weighted by molar-refractivity contribution is 6.33. The summed E-state index contributed by atoms with van der Waals surface area (Å²) in [6.45, 7) is 3.44. The van der Waals surface area contributed by atoms with E-state index >= 15 is 0 Å². The van der Waals surface area contributed by atoms with Crippen LogP contribution in [0.4, 0.5) is 11.4 Å². The molecule has 10 heteroatoms. The van der Waals surface area contributed by atoms with Crippen LogP contribution in [0.15, 0.2) is 60.9 Å². The molecule has 0 unspecified atom stereocenters. The van der Waals surface area contributed by atoms with Crippen LogP contribution in [0.2, 0.25) is 5.15 Å². The summed E-state index contributed by atoms with van der Waals surface area (Å²) < 4.78 is 1.79. The molecule has 178 valence electrons. The second-order valence-corrected chi connectivity index (χ2v) is 8.68. The summed E-state index contributed by atoms with van der Waals surface area (Å²) in [6.07, 6.45) is 3.53. The fourth-order valence-corrected chi connectivity index (χ4v) is 4.36. The molecule has 4 aromatic rings. The van der Waals surface area contributed by atoms with Crippen LogP contribution >= 0.6 is 11.6 Å². The number of nitrogens with one attached hydrogen (secondary N) is 3. The van der Waals surface area contributed by atoms with Crippen LogP contribution < -0.4 is 10.6 Å². The Hall–Kier alpha value is -4.11. The van der Waals surface area contributed by atoms with Gasteiger partial charge < -0.3 is 20.1 Å². The number of H-pyrrole nitrogens is 1. The molecule has 35 heavy (non-hydrogen) atoms. The largest absolute Gasteiger partial charge is 0.376 e. The molecule has 1 aliphatic heterocycles. The first-order valence-corrected chi connectivity index (χ1v) is 11.6. The first kappa shape index (κ1) is 22.7. The Kier molecular flexibility index (Phi) is 6.24. The number of fused-ring (bicyclic) bond motifs is 1. The summed E-state index contributed by atoms with van der Waals surface area (Å²) in [6, 6.07) is 15.2. The number of amides is 2. The maximum absolute atomic E-state index is 12.9. The lowest BCUT2D eigenvalue weighted by molar-refractivity contribution is -0.130. The first-order chi connectivity index (χ1) is 17.0. The summed E-state index contributed by atoms with van der Waals surface area (Å²) in [5.74, 6) is 0.153. The second kappa shape index (κ2) is 9.63. The molecule has 0 bridgehead atoms. The van der Waals surface area contributed by atoms with Crippen LogP contribution in [0.25, 0.3) is 11.1 Å². The number of hydrogen-bond acceptors (Lipinski definition) is 5. The first-order valence-electron chi connectivity index (χ1n) is 11.2. The zero-order chi connectivity index (χ0) is 24.4. The lowest BCUT2D eigenvalue weighted by atomic mass is 10.1. The highest BCUT2D eigenvalue weighted by Crippen LogP contribution is 2.25. The number of anilines is 2. The molecule has 3 heterocycles. The summed E-state index contributed by atoms with van der Waals surface area (Å²) in [4.78, 5) is 31.9. The molecule has 1 aliphatic rings. The molecule has 0 saturated carbocycles. The van der Waals surface area contributed by atoms with Crippen molar-refractivity contribution in [3.05, 3.63) is 83.2 Å². The Balaban J connectivity index is 1.23. The van der Waals surface area contributed by atoms with Crippen LogP contribution in [-0.4, -0.2) is 49.6 Å². The Morgan fingerprint density at radius 1 is 1.09 bits per heavy atom. The van der Waals surface area contributed by atoms with Crippen molar-refractivity contribution in [1.29, 1.82) is 0 Å². The van der Waals surface area contributed by atoms with E-state index < -0.39 is 5.91 Å². The van der Waals surface area contributed by atoms with Crippen LogP contribution in [0.3, 0.4) is 0 Å². The highest BCUT2D eigenvalue weighted by Gasteiger charge is 2.28. The zero-order valence-corrected chi connectivity index (χ0v) is 19.8. The van der Waals surface area contributed by atoms with E-state index in [1.807, 2.05) is 55.5 Å². The molecule has 9 nitrogen and oxygen atoms in total. The Labute approximate surface area is 207 Å². The predicted molar refractivity (Wildman–Crippen MR) is 134 cm³/mol. The van der Waals surface area contributed by atoms with E-state index in [-0.39, 0.29) is 23.3 Å². The van der Waals surface area contributed by atoms with Crippen molar-refractivity contribution < 1.29 is 9.59 Å². The van der Waals surface area contributed by atoms with Gasteiger partial charge in [-0.3, -0.25) is 14.7 Å². The van der Waals surface area contributed by atoms with E-state index in [1.54, 1.807) is 21.9 Å². The van der Waals surface area contributed by atoms with Gasteiger partial charge in [0.05, 0.1) is 19.3 Å². The number of imidazole rings is 1. The van der Waals surface area contributed by atoms with Crippen molar-refractivity contribution in [3.8, 4) is 11.1 Å². The molecule has 2 amide bonds. The van der Waals surface area contributed by atoms with Gasteiger partial charge in [0.15, 0.2) is 5.69 Å². The Morgan fingerprint density at radius 2 is 1.89 bits per heavy atom. The minimum atomic E-state index is -0.396. The normalized spacial score (nSPS) is 12.8. The van der Waals surface area contributed by atoms with Gasteiger partial charge in [-0.05, 0) is 36.2 Å². The van der Waals surface area contributed by atoms with Crippen LogP contribution in [-0.2, 0) is 17.9 Å². The number of benzene rings is 2. The van der Waals surface area contributed by atoms with Crippen molar-refractivity contribution in [2.75, 3.05) is 23.7 Å². The molecule has 0 fully saturated rings. The van der Waals surface area contributed by atoms with Crippen LogP contribution in [0.5, 0.6) is 0 Å². The summed E-state index contributed by atoms with van der Waals surface area (Å²) >= 11 is 6.50. The third kappa shape index (κ3) is 4.76. The maximum atomic E-state index is 12.9. The number of aryl methyl sites for hydroxylation is 1. The van der Waals surface area contributed by atoms with Gasteiger partial charge in [-0.15, -0.1) is 0 Å². The van der Waals surface area contributed by atoms with E-state index in [1.165, 1.54) is 0 Å². The minimum Gasteiger partial charge on any atom is -0.376 e. The molecule has 2 aromatic heterocycles. The third-order valence-electron chi connectivity index (χ3n) is 6.03. The van der Waals surface area contributed by atoms with E-state index in [9.17, 15) is 9.59 Å². The van der Waals surface area contributed by atoms with Gasteiger partial charge in [0.2, 0.25) is 5.91 Å².